The Kier molecular flexibility index (Phi) is 3.38. The minimum atomic E-state index is -0.868. The van der Waals surface area contributed by atoms with Gasteiger partial charge in [0.1, 0.15) is 16.6 Å². The molecule has 0 spiro atoms. The van der Waals surface area contributed by atoms with E-state index in [4.69, 9.17) is 27.3 Å². The zero-order chi connectivity index (χ0) is 16.8. The van der Waals surface area contributed by atoms with Crippen molar-refractivity contribution in [3.63, 3.8) is 0 Å². The maximum absolute atomic E-state index is 12.4. The monoisotopic (exact) mass is 328 g/mol. The number of halogens is 1. The Balaban J connectivity index is 2.33. The van der Waals surface area contributed by atoms with Crippen LogP contribution in [0, 0.1) is 11.3 Å². The van der Waals surface area contributed by atoms with Crippen LogP contribution < -0.4 is 16.0 Å². The van der Waals surface area contributed by atoms with Gasteiger partial charge >= 0.3 is 0 Å². The minimum absolute atomic E-state index is 0.00464. The van der Waals surface area contributed by atoms with Gasteiger partial charge in [0.05, 0.1) is 22.9 Å². The van der Waals surface area contributed by atoms with Crippen LogP contribution in [0.4, 0.5) is 5.69 Å². The number of benzene rings is 1. The van der Waals surface area contributed by atoms with Gasteiger partial charge in [-0.2, -0.15) is 5.26 Å². The second kappa shape index (κ2) is 5.14. The fraction of sp³-hybridized carbons (Fsp3) is 0.188. The molecule has 1 aromatic carbocycles. The van der Waals surface area contributed by atoms with Crippen LogP contribution in [0.25, 0.3) is 0 Å². The Morgan fingerprint density at radius 1 is 1.39 bits per heavy atom. The number of anilines is 1. The van der Waals surface area contributed by atoms with Gasteiger partial charge in [-0.3, -0.25) is 9.36 Å². The molecule has 1 aliphatic heterocycles. The molecule has 1 aliphatic rings. The van der Waals surface area contributed by atoms with Gasteiger partial charge < -0.3 is 10.5 Å². The predicted octanol–water partition coefficient (Wildman–Crippen LogP) is 2.38. The molecule has 116 valence electrons. The van der Waals surface area contributed by atoms with Crippen LogP contribution in [0.3, 0.4) is 0 Å². The van der Waals surface area contributed by atoms with E-state index in [1.54, 1.807) is 32.0 Å². The second-order valence-corrected chi connectivity index (χ2v) is 6.01. The number of aromatic nitrogens is 1. The number of nitrogens with zero attached hydrogens (tertiary/aromatic N) is 3. The molecule has 0 radical (unpaired) electrons. The third-order valence-corrected chi connectivity index (χ3v) is 3.58. The lowest BCUT2D eigenvalue weighted by Gasteiger charge is -2.30. The first-order valence-corrected chi connectivity index (χ1v) is 7.20. The second-order valence-electron chi connectivity index (χ2n) is 5.60. The van der Waals surface area contributed by atoms with Crippen LogP contribution in [0.15, 0.2) is 40.2 Å². The van der Waals surface area contributed by atoms with Gasteiger partial charge in [0, 0.05) is 6.20 Å². The number of fused-ring (bicyclic) bond motifs is 1. The smallest absolute Gasteiger partial charge is 0.275 e. The Labute approximate surface area is 137 Å². The van der Waals surface area contributed by atoms with Gasteiger partial charge in [-0.1, -0.05) is 11.6 Å². The van der Waals surface area contributed by atoms with Gasteiger partial charge in [0.2, 0.25) is 0 Å². The molecule has 3 rings (SSSR count). The number of aliphatic imine (C=N–C) groups is 1. The van der Waals surface area contributed by atoms with Crippen LogP contribution in [-0.4, -0.2) is 16.1 Å². The number of rotatable bonds is 0. The van der Waals surface area contributed by atoms with Crippen molar-refractivity contribution >= 4 is 23.1 Å². The van der Waals surface area contributed by atoms with E-state index in [0.717, 1.165) is 0 Å². The predicted molar refractivity (Wildman–Crippen MR) is 87.9 cm³/mol. The molecule has 23 heavy (non-hydrogen) atoms. The summed E-state index contributed by atoms with van der Waals surface area (Å²) in [4.78, 5) is 16.9. The first-order chi connectivity index (χ1) is 10.8. The van der Waals surface area contributed by atoms with Crippen LogP contribution in [0.2, 0.25) is 5.02 Å². The number of nitrogen functional groups attached to an aromatic ring is 1. The third kappa shape index (κ3) is 2.67. The van der Waals surface area contributed by atoms with Crippen LogP contribution >= 0.6 is 11.6 Å². The van der Waals surface area contributed by atoms with Crippen LogP contribution in [0.5, 0.6) is 5.75 Å². The summed E-state index contributed by atoms with van der Waals surface area (Å²) in [6, 6.07) is 8.39. The van der Waals surface area contributed by atoms with E-state index in [1.807, 2.05) is 0 Å². The molecule has 2 heterocycles. The lowest BCUT2D eigenvalue weighted by Crippen LogP contribution is -2.38. The van der Waals surface area contributed by atoms with Gasteiger partial charge in [0.15, 0.2) is 5.72 Å². The largest absolute Gasteiger partial charge is 0.466 e. The molecule has 0 fully saturated rings. The van der Waals surface area contributed by atoms with Crippen molar-refractivity contribution in [2.45, 2.75) is 19.6 Å². The summed E-state index contributed by atoms with van der Waals surface area (Å²) in [6.07, 6.45) is 1.46. The van der Waals surface area contributed by atoms with Crippen molar-refractivity contribution in [3.05, 3.63) is 57.0 Å². The lowest BCUT2D eigenvalue weighted by atomic mass is 10.1. The number of ether oxygens (including phenoxy) is 1. The molecule has 0 bridgehead atoms. The summed E-state index contributed by atoms with van der Waals surface area (Å²) in [5.74, 6) is 0.872. The normalized spacial score (nSPS) is 15.1. The third-order valence-electron chi connectivity index (χ3n) is 3.31. The van der Waals surface area contributed by atoms with Crippen molar-refractivity contribution in [1.29, 1.82) is 5.26 Å². The molecule has 2 aromatic rings. The maximum atomic E-state index is 12.4. The molecule has 7 heteroatoms. The molecule has 6 nitrogen and oxygen atoms in total. The van der Waals surface area contributed by atoms with E-state index in [-0.39, 0.29) is 5.02 Å². The van der Waals surface area contributed by atoms with Gasteiger partial charge in [0.25, 0.3) is 5.56 Å². The Morgan fingerprint density at radius 2 is 2.13 bits per heavy atom. The molecule has 0 aliphatic carbocycles. The summed E-state index contributed by atoms with van der Waals surface area (Å²) in [7, 11) is 0. The zero-order valence-corrected chi connectivity index (χ0v) is 13.3. The van der Waals surface area contributed by atoms with Crippen LogP contribution in [-0.2, 0) is 0 Å². The molecule has 0 amide bonds. The molecular formula is C16H13ClN4O2. The lowest BCUT2D eigenvalue weighted by molar-refractivity contribution is 0.114. The molecule has 0 atom stereocenters. The number of pyridine rings is 1. The molecule has 2 N–H and O–H groups in total. The number of hydrogen-bond acceptors (Lipinski definition) is 5. The van der Waals surface area contributed by atoms with Gasteiger partial charge in [-0.25, -0.2) is 4.99 Å². The van der Waals surface area contributed by atoms with Crippen molar-refractivity contribution in [2.24, 2.45) is 4.99 Å². The highest BCUT2D eigenvalue weighted by molar-refractivity contribution is 6.30. The van der Waals surface area contributed by atoms with Gasteiger partial charge in [-0.15, -0.1) is 0 Å². The van der Waals surface area contributed by atoms with Crippen LogP contribution in [0.1, 0.15) is 25.0 Å². The van der Waals surface area contributed by atoms with Gasteiger partial charge in [-0.05, 0) is 38.1 Å². The molecule has 0 unspecified atom stereocenters. The van der Waals surface area contributed by atoms with E-state index >= 15 is 0 Å². The van der Waals surface area contributed by atoms with Crippen molar-refractivity contribution in [3.8, 4) is 11.8 Å². The molecule has 1 aromatic heterocycles. The summed E-state index contributed by atoms with van der Waals surface area (Å²) in [6.45, 7) is 3.54. The first kappa shape index (κ1) is 15.1. The SMILES string of the molecule is CC1(C)N=C(n2cc(N)cc(Cl)c2=O)c2cc(C#N)ccc2O1. The van der Waals surface area contributed by atoms with Crippen molar-refractivity contribution < 1.29 is 4.74 Å². The quantitative estimate of drug-likeness (QED) is 0.803. The highest BCUT2D eigenvalue weighted by atomic mass is 35.5. The maximum Gasteiger partial charge on any atom is 0.275 e. The summed E-state index contributed by atoms with van der Waals surface area (Å²) < 4.78 is 7.07. The number of nitrogens with two attached hydrogens (primary N) is 1. The number of nitriles is 1. The Hall–Kier alpha value is -2.78. The van der Waals surface area contributed by atoms with Crippen molar-refractivity contribution in [2.75, 3.05) is 5.73 Å². The minimum Gasteiger partial charge on any atom is -0.466 e. The Morgan fingerprint density at radius 3 is 2.83 bits per heavy atom. The highest BCUT2D eigenvalue weighted by Crippen LogP contribution is 2.31. The van der Waals surface area contributed by atoms with E-state index in [9.17, 15) is 4.79 Å². The molecular weight excluding hydrogens is 316 g/mol. The first-order valence-electron chi connectivity index (χ1n) is 6.82. The topological polar surface area (TPSA) is 93.4 Å². The summed E-state index contributed by atoms with van der Waals surface area (Å²) in [5, 5.41) is 9.10. The highest BCUT2D eigenvalue weighted by Gasteiger charge is 2.30. The average molecular weight is 329 g/mol. The number of hydrogen-bond donors (Lipinski definition) is 1. The van der Waals surface area contributed by atoms with Crippen molar-refractivity contribution in [1.82, 2.24) is 4.57 Å². The summed E-state index contributed by atoms with van der Waals surface area (Å²) in [5.41, 5.74) is 5.79. The average Bonchev–Trinajstić information content (AvgIpc) is 2.49. The molecule has 0 saturated heterocycles. The fourth-order valence-electron chi connectivity index (χ4n) is 2.38. The van der Waals surface area contributed by atoms with E-state index < -0.39 is 11.3 Å². The fourth-order valence-corrected chi connectivity index (χ4v) is 2.60. The zero-order valence-electron chi connectivity index (χ0n) is 12.5. The van der Waals surface area contributed by atoms with E-state index in [1.165, 1.54) is 16.8 Å². The Bertz CT molecular complexity index is 938. The standard InChI is InChI=1S/C16H13ClN4O2/c1-16(2)20-14(21-8-10(19)6-12(17)15(21)22)11-5-9(7-18)3-4-13(11)23-16/h3-6,8H,19H2,1-2H3. The van der Waals surface area contributed by atoms with E-state index in [0.29, 0.717) is 28.4 Å². The molecule has 0 saturated carbocycles. The van der Waals surface area contributed by atoms with E-state index in [2.05, 4.69) is 11.1 Å². The summed E-state index contributed by atoms with van der Waals surface area (Å²) >= 11 is 5.94.